The van der Waals surface area contributed by atoms with Crippen LogP contribution in [0.25, 0.3) is 0 Å². The van der Waals surface area contributed by atoms with E-state index in [-0.39, 0.29) is 12.2 Å². The lowest BCUT2D eigenvalue weighted by atomic mass is 10.1. The molecule has 1 heterocycles. The molecule has 0 spiro atoms. The van der Waals surface area contributed by atoms with Gasteiger partial charge in [-0.2, -0.15) is 5.10 Å². The van der Waals surface area contributed by atoms with Gasteiger partial charge in [0.25, 0.3) is 0 Å². The molecule has 0 N–H and O–H groups in total. The highest BCUT2D eigenvalue weighted by Crippen LogP contribution is 2.22. The average molecular weight is 342 g/mol. The molecule has 3 nitrogen and oxygen atoms in total. The molecule has 0 aliphatic rings. The average Bonchev–Trinajstić information content (AvgIpc) is 2.80. The second kappa shape index (κ2) is 5.88. The van der Waals surface area contributed by atoms with Gasteiger partial charge in [0.2, 0.25) is 0 Å². The SMILES string of the molecule is CC(C)n1ccc(CC(=O)c2cc(Cl)ccc2Br)n1. The summed E-state index contributed by atoms with van der Waals surface area (Å²) in [5.41, 5.74) is 1.36. The molecule has 19 heavy (non-hydrogen) atoms. The van der Waals surface area contributed by atoms with E-state index in [0.29, 0.717) is 16.6 Å². The number of aromatic nitrogens is 2. The molecule has 100 valence electrons. The summed E-state index contributed by atoms with van der Waals surface area (Å²) in [7, 11) is 0. The summed E-state index contributed by atoms with van der Waals surface area (Å²) in [6.07, 6.45) is 2.17. The molecule has 0 fully saturated rings. The third-order valence-electron chi connectivity index (χ3n) is 2.76. The molecule has 0 atom stereocenters. The zero-order valence-electron chi connectivity index (χ0n) is 10.7. The largest absolute Gasteiger partial charge is 0.294 e. The van der Waals surface area contributed by atoms with Crippen LogP contribution in [0.1, 0.15) is 35.9 Å². The van der Waals surface area contributed by atoms with Gasteiger partial charge in [-0.25, -0.2) is 0 Å². The fourth-order valence-electron chi connectivity index (χ4n) is 1.73. The highest BCUT2D eigenvalue weighted by atomic mass is 79.9. The van der Waals surface area contributed by atoms with E-state index < -0.39 is 0 Å². The monoisotopic (exact) mass is 340 g/mol. The molecule has 0 amide bonds. The molecule has 0 bridgehead atoms. The van der Waals surface area contributed by atoms with E-state index in [2.05, 4.69) is 21.0 Å². The number of carbonyl (C=O) groups is 1. The Morgan fingerprint density at radius 3 is 2.79 bits per heavy atom. The second-order valence-electron chi connectivity index (χ2n) is 4.60. The first-order valence-corrected chi connectivity index (χ1v) is 7.16. The quantitative estimate of drug-likeness (QED) is 0.777. The topological polar surface area (TPSA) is 34.9 Å². The van der Waals surface area contributed by atoms with Crippen LogP contribution in [0.3, 0.4) is 0 Å². The van der Waals surface area contributed by atoms with Crippen molar-refractivity contribution < 1.29 is 4.79 Å². The molecular weight excluding hydrogens is 328 g/mol. The van der Waals surface area contributed by atoms with Crippen LogP contribution >= 0.6 is 27.5 Å². The summed E-state index contributed by atoms with van der Waals surface area (Å²) in [5.74, 6) is 0.00313. The number of hydrogen-bond donors (Lipinski definition) is 0. The van der Waals surface area contributed by atoms with Crippen molar-refractivity contribution in [3.8, 4) is 0 Å². The van der Waals surface area contributed by atoms with Gasteiger partial charge in [-0.3, -0.25) is 9.48 Å². The van der Waals surface area contributed by atoms with Gasteiger partial charge in [0.15, 0.2) is 5.78 Å². The lowest BCUT2D eigenvalue weighted by Crippen LogP contribution is -2.07. The second-order valence-corrected chi connectivity index (χ2v) is 5.90. The molecule has 0 unspecified atom stereocenters. The third-order valence-corrected chi connectivity index (χ3v) is 3.69. The Morgan fingerprint density at radius 2 is 2.16 bits per heavy atom. The van der Waals surface area contributed by atoms with Gasteiger partial charge in [0.1, 0.15) is 0 Å². The maximum Gasteiger partial charge on any atom is 0.170 e. The zero-order valence-corrected chi connectivity index (χ0v) is 13.1. The van der Waals surface area contributed by atoms with Crippen molar-refractivity contribution in [3.63, 3.8) is 0 Å². The van der Waals surface area contributed by atoms with E-state index >= 15 is 0 Å². The number of ketones is 1. The zero-order chi connectivity index (χ0) is 14.0. The molecule has 0 aliphatic carbocycles. The first kappa shape index (κ1) is 14.3. The van der Waals surface area contributed by atoms with Gasteiger partial charge in [-0.05, 0) is 38.1 Å². The first-order chi connectivity index (χ1) is 8.97. The van der Waals surface area contributed by atoms with E-state index in [1.54, 1.807) is 18.2 Å². The van der Waals surface area contributed by atoms with E-state index in [1.807, 2.05) is 30.8 Å². The Kier molecular flexibility index (Phi) is 4.42. The number of benzene rings is 1. The van der Waals surface area contributed by atoms with Gasteiger partial charge in [0.05, 0.1) is 12.1 Å². The Bertz CT molecular complexity index is 607. The molecule has 0 saturated carbocycles. The van der Waals surface area contributed by atoms with Crippen molar-refractivity contribution in [1.82, 2.24) is 9.78 Å². The third kappa shape index (κ3) is 3.45. The van der Waals surface area contributed by atoms with Crippen LogP contribution in [-0.2, 0) is 6.42 Å². The minimum Gasteiger partial charge on any atom is -0.294 e. The van der Waals surface area contributed by atoms with Crippen LogP contribution in [0.4, 0.5) is 0 Å². The Labute approximate surface area is 125 Å². The van der Waals surface area contributed by atoms with E-state index in [0.717, 1.165) is 10.2 Å². The standard InChI is InChI=1S/C14H14BrClN2O/c1-9(2)18-6-5-11(17-18)8-14(19)12-7-10(16)3-4-13(12)15/h3-7,9H,8H2,1-2H3. The summed E-state index contributed by atoms with van der Waals surface area (Å²) in [4.78, 5) is 12.2. The van der Waals surface area contributed by atoms with Gasteiger partial charge < -0.3 is 0 Å². The summed E-state index contributed by atoms with van der Waals surface area (Å²) in [5, 5.41) is 4.93. The van der Waals surface area contributed by atoms with Crippen molar-refractivity contribution in [2.45, 2.75) is 26.3 Å². The number of halogens is 2. The number of Topliss-reactive ketones (excluding diaryl/α,β-unsaturated/α-hetero) is 1. The van der Waals surface area contributed by atoms with E-state index in [1.165, 1.54) is 0 Å². The maximum atomic E-state index is 12.2. The van der Waals surface area contributed by atoms with Gasteiger partial charge in [-0.1, -0.05) is 27.5 Å². The van der Waals surface area contributed by atoms with Crippen LogP contribution in [0, 0.1) is 0 Å². The molecule has 2 aromatic rings. The number of hydrogen-bond acceptors (Lipinski definition) is 2. The maximum absolute atomic E-state index is 12.2. The predicted octanol–water partition coefficient (Wildman–Crippen LogP) is 4.31. The van der Waals surface area contributed by atoms with Crippen molar-refractivity contribution in [2.75, 3.05) is 0 Å². The number of carbonyl (C=O) groups excluding carboxylic acids is 1. The van der Waals surface area contributed by atoms with Crippen LogP contribution in [0.15, 0.2) is 34.9 Å². The van der Waals surface area contributed by atoms with Crippen LogP contribution in [0.2, 0.25) is 5.02 Å². The smallest absolute Gasteiger partial charge is 0.170 e. The lowest BCUT2D eigenvalue weighted by Gasteiger charge is -2.05. The van der Waals surface area contributed by atoms with Crippen molar-refractivity contribution in [1.29, 1.82) is 0 Å². The minimum absolute atomic E-state index is 0.00313. The lowest BCUT2D eigenvalue weighted by molar-refractivity contribution is 0.0991. The van der Waals surface area contributed by atoms with Crippen molar-refractivity contribution >= 4 is 33.3 Å². The van der Waals surface area contributed by atoms with E-state index in [9.17, 15) is 4.79 Å². The minimum atomic E-state index is 0.00313. The molecule has 2 rings (SSSR count). The molecule has 0 saturated heterocycles. The number of rotatable bonds is 4. The molecule has 1 aromatic carbocycles. The molecule has 1 aromatic heterocycles. The molecule has 5 heteroatoms. The Hall–Kier alpha value is -1.13. The predicted molar refractivity (Wildman–Crippen MR) is 79.8 cm³/mol. The Balaban J connectivity index is 2.18. The molecule has 0 aliphatic heterocycles. The van der Waals surface area contributed by atoms with E-state index in [4.69, 9.17) is 11.6 Å². The Morgan fingerprint density at radius 1 is 1.42 bits per heavy atom. The fourth-order valence-corrected chi connectivity index (χ4v) is 2.37. The summed E-state index contributed by atoms with van der Waals surface area (Å²) < 4.78 is 2.60. The first-order valence-electron chi connectivity index (χ1n) is 5.99. The molecule has 0 radical (unpaired) electrons. The van der Waals surface area contributed by atoms with Crippen molar-refractivity contribution in [3.05, 3.63) is 51.2 Å². The normalized spacial score (nSPS) is 11.0. The van der Waals surface area contributed by atoms with Crippen molar-refractivity contribution in [2.24, 2.45) is 0 Å². The summed E-state index contributed by atoms with van der Waals surface area (Å²) >= 11 is 9.28. The van der Waals surface area contributed by atoms with Gasteiger partial charge in [-0.15, -0.1) is 0 Å². The fraction of sp³-hybridized carbons (Fsp3) is 0.286. The van der Waals surface area contributed by atoms with Gasteiger partial charge >= 0.3 is 0 Å². The highest BCUT2D eigenvalue weighted by Gasteiger charge is 2.13. The summed E-state index contributed by atoms with van der Waals surface area (Å²) in [6, 6.07) is 7.36. The van der Waals surface area contributed by atoms with Crippen LogP contribution < -0.4 is 0 Å². The highest BCUT2D eigenvalue weighted by molar-refractivity contribution is 9.10. The molecular formula is C14H14BrClN2O. The summed E-state index contributed by atoms with van der Waals surface area (Å²) in [6.45, 7) is 4.10. The van der Waals surface area contributed by atoms with Gasteiger partial charge in [0, 0.05) is 27.3 Å². The number of nitrogens with zero attached hydrogens (tertiary/aromatic N) is 2. The van der Waals surface area contributed by atoms with Crippen LogP contribution in [-0.4, -0.2) is 15.6 Å². The van der Waals surface area contributed by atoms with Crippen LogP contribution in [0.5, 0.6) is 0 Å².